The number of halogens is 3. The molecule has 0 bridgehead atoms. The summed E-state index contributed by atoms with van der Waals surface area (Å²) in [7, 11) is 0. The molecule has 76 valence electrons. The smallest absolute Gasteiger partial charge is 0.227 e. The maximum atomic E-state index is 11.5. The number of hydrogen-bond donors (Lipinski definition) is 0. The maximum Gasteiger partial charge on any atom is 0.227 e. The summed E-state index contributed by atoms with van der Waals surface area (Å²) in [6.07, 6.45) is 1.50. The van der Waals surface area contributed by atoms with Crippen molar-refractivity contribution in [3.05, 3.63) is 28.2 Å². The minimum atomic E-state index is -1.38. The molecule has 0 aliphatic heterocycles. The topological polar surface area (TPSA) is 48.8 Å². The van der Waals surface area contributed by atoms with E-state index in [9.17, 15) is 4.55 Å². The Balaban J connectivity index is 3.13. The first-order valence-corrected chi connectivity index (χ1v) is 5.89. The van der Waals surface area contributed by atoms with Gasteiger partial charge in [0.25, 0.3) is 0 Å². The Morgan fingerprint density at radius 1 is 1.29 bits per heavy atom. The van der Waals surface area contributed by atoms with Crippen LogP contribution in [-0.2, 0) is 11.2 Å². The molecule has 0 spiro atoms. The van der Waals surface area contributed by atoms with Crippen molar-refractivity contribution < 1.29 is 4.55 Å². The molecule has 0 radical (unpaired) electrons. The zero-order chi connectivity index (χ0) is 10.7. The van der Waals surface area contributed by atoms with Crippen LogP contribution in [0.5, 0.6) is 0 Å². The van der Waals surface area contributed by atoms with Crippen LogP contribution in [0.1, 0.15) is 0 Å². The fourth-order valence-corrected chi connectivity index (χ4v) is 2.76. The van der Waals surface area contributed by atoms with Gasteiger partial charge in [-0.1, -0.05) is 29.8 Å². The molecule has 0 aliphatic rings. The monoisotopic (exact) mass is 270 g/mol. The molecule has 0 aromatic carbocycles. The molecular weight excluding hydrogens is 267 g/mol. The van der Waals surface area contributed by atoms with Crippen LogP contribution in [-0.4, -0.2) is 20.3 Å². The molecule has 1 atom stereocenters. The third-order valence-electron chi connectivity index (χ3n) is 1.25. The van der Waals surface area contributed by atoms with Gasteiger partial charge in [-0.25, -0.2) is 9.97 Å². The standard InChI is InChI=1S/C7H5Cl3N2OS/c1-2-3-14(13)4-5(8)11-7(10)12-6(4)9/h2H,1,3H2. The molecule has 1 aromatic heterocycles. The van der Waals surface area contributed by atoms with Gasteiger partial charge in [0, 0.05) is 0 Å². The van der Waals surface area contributed by atoms with Gasteiger partial charge in [-0.2, -0.15) is 0 Å². The zero-order valence-electron chi connectivity index (χ0n) is 6.84. The van der Waals surface area contributed by atoms with Crippen molar-refractivity contribution in [1.82, 2.24) is 9.97 Å². The van der Waals surface area contributed by atoms with E-state index in [1.54, 1.807) is 0 Å². The molecule has 0 saturated carbocycles. The third kappa shape index (κ3) is 2.74. The summed E-state index contributed by atoms with van der Waals surface area (Å²) in [6, 6.07) is 0. The SMILES string of the molecule is C=CC[S+]([O-])c1c(Cl)nc(Cl)nc1Cl. The predicted molar refractivity (Wildman–Crippen MR) is 58.5 cm³/mol. The fraction of sp³-hybridized carbons (Fsp3) is 0.143. The molecular formula is C7H5Cl3N2OS. The molecule has 7 heteroatoms. The predicted octanol–water partition coefficient (Wildman–Crippen LogP) is 2.73. The Bertz CT molecular complexity index is 338. The Kier molecular flexibility index (Phi) is 4.47. The summed E-state index contributed by atoms with van der Waals surface area (Å²) >= 11 is 15.5. The largest absolute Gasteiger partial charge is 0.611 e. The second-order valence-corrected chi connectivity index (χ2v) is 4.69. The highest BCUT2D eigenvalue weighted by Gasteiger charge is 2.22. The summed E-state index contributed by atoms with van der Waals surface area (Å²) < 4.78 is 11.5. The molecule has 0 N–H and O–H groups in total. The van der Waals surface area contributed by atoms with Crippen LogP contribution in [0.15, 0.2) is 17.6 Å². The second-order valence-electron chi connectivity index (χ2n) is 2.20. The van der Waals surface area contributed by atoms with Gasteiger partial charge in [0.15, 0.2) is 10.3 Å². The molecule has 0 aliphatic carbocycles. The Morgan fingerprint density at radius 3 is 2.21 bits per heavy atom. The average molecular weight is 272 g/mol. The molecule has 0 fully saturated rings. The molecule has 1 unspecified atom stereocenters. The Hall–Kier alpha value is -0.000000000000000167. The number of rotatable bonds is 3. The van der Waals surface area contributed by atoms with E-state index < -0.39 is 11.2 Å². The lowest BCUT2D eigenvalue weighted by molar-refractivity contribution is 0.597. The van der Waals surface area contributed by atoms with E-state index in [4.69, 9.17) is 34.8 Å². The van der Waals surface area contributed by atoms with Gasteiger partial charge >= 0.3 is 0 Å². The van der Waals surface area contributed by atoms with Gasteiger partial charge in [0.05, 0.1) is 0 Å². The van der Waals surface area contributed by atoms with Gasteiger partial charge in [-0.3, -0.25) is 0 Å². The molecule has 3 nitrogen and oxygen atoms in total. The van der Waals surface area contributed by atoms with Crippen LogP contribution >= 0.6 is 34.8 Å². The first-order chi connectivity index (χ1) is 6.56. The van der Waals surface area contributed by atoms with Crippen LogP contribution in [0.4, 0.5) is 0 Å². The van der Waals surface area contributed by atoms with Gasteiger partial charge in [-0.05, 0) is 28.9 Å². The molecule has 0 amide bonds. The molecule has 0 saturated heterocycles. The highest BCUT2D eigenvalue weighted by molar-refractivity contribution is 7.91. The number of aromatic nitrogens is 2. The summed E-state index contributed by atoms with van der Waals surface area (Å²) in [5.41, 5.74) is 0. The van der Waals surface area contributed by atoms with Crippen molar-refractivity contribution in [1.29, 1.82) is 0 Å². The third-order valence-corrected chi connectivity index (χ3v) is 3.57. The van der Waals surface area contributed by atoms with Crippen molar-refractivity contribution in [3.63, 3.8) is 0 Å². The Morgan fingerprint density at radius 2 is 1.79 bits per heavy atom. The van der Waals surface area contributed by atoms with Gasteiger partial charge in [-0.15, -0.1) is 0 Å². The minimum Gasteiger partial charge on any atom is -0.611 e. The van der Waals surface area contributed by atoms with Crippen molar-refractivity contribution in [2.45, 2.75) is 4.90 Å². The fourth-order valence-electron chi connectivity index (χ4n) is 0.752. The van der Waals surface area contributed by atoms with Gasteiger partial charge in [0.1, 0.15) is 5.75 Å². The van der Waals surface area contributed by atoms with Crippen LogP contribution in [0.25, 0.3) is 0 Å². The van der Waals surface area contributed by atoms with Crippen LogP contribution in [0.2, 0.25) is 15.6 Å². The first-order valence-electron chi connectivity index (χ1n) is 3.44. The summed E-state index contributed by atoms with van der Waals surface area (Å²) in [5.74, 6) is 0.241. The van der Waals surface area contributed by atoms with E-state index >= 15 is 0 Å². The lowest BCUT2D eigenvalue weighted by Crippen LogP contribution is -2.08. The van der Waals surface area contributed by atoms with E-state index in [-0.39, 0.29) is 26.2 Å². The average Bonchev–Trinajstić information content (AvgIpc) is 2.01. The molecule has 1 rings (SSSR count). The zero-order valence-corrected chi connectivity index (χ0v) is 9.92. The van der Waals surface area contributed by atoms with Gasteiger partial charge in [0.2, 0.25) is 10.2 Å². The van der Waals surface area contributed by atoms with Crippen molar-refractivity contribution >= 4 is 46.0 Å². The first kappa shape index (κ1) is 12.1. The summed E-state index contributed by atoms with van der Waals surface area (Å²) in [5, 5.41) is -0.0512. The molecule has 1 heterocycles. The van der Waals surface area contributed by atoms with Crippen LogP contribution < -0.4 is 0 Å². The van der Waals surface area contributed by atoms with Crippen LogP contribution in [0.3, 0.4) is 0 Å². The van der Waals surface area contributed by atoms with E-state index in [0.29, 0.717) is 0 Å². The molecule has 14 heavy (non-hydrogen) atoms. The summed E-state index contributed by atoms with van der Waals surface area (Å²) in [6.45, 7) is 3.46. The second kappa shape index (κ2) is 5.19. The van der Waals surface area contributed by atoms with E-state index in [0.717, 1.165) is 0 Å². The van der Waals surface area contributed by atoms with Crippen molar-refractivity contribution in [2.24, 2.45) is 0 Å². The molecule has 1 aromatic rings. The number of hydrogen-bond acceptors (Lipinski definition) is 3. The lowest BCUT2D eigenvalue weighted by Gasteiger charge is -2.09. The van der Waals surface area contributed by atoms with Crippen molar-refractivity contribution in [2.75, 3.05) is 5.75 Å². The van der Waals surface area contributed by atoms with E-state index in [2.05, 4.69) is 16.5 Å². The maximum absolute atomic E-state index is 11.5. The summed E-state index contributed by atoms with van der Waals surface area (Å²) in [4.78, 5) is 7.48. The van der Waals surface area contributed by atoms with Crippen LogP contribution in [0, 0.1) is 0 Å². The lowest BCUT2D eigenvalue weighted by atomic mass is 10.7. The minimum absolute atomic E-state index is 0.00943. The van der Waals surface area contributed by atoms with Crippen molar-refractivity contribution in [3.8, 4) is 0 Å². The quantitative estimate of drug-likeness (QED) is 0.367. The van der Waals surface area contributed by atoms with E-state index in [1.807, 2.05) is 0 Å². The highest BCUT2D eigenvalue weighted by Crippen LogP contribution is 2.28. The Labute approximate surface area is 99.3 Å². The normalized spacial score (nSPS) is 12.6. The number of nitrogens with zero attached hydrogens (tertiary/aromatic N) is 2. The highest BCUT2D eigenvalue weighted by atomic mass is 35.5. The van der Waals surface area contributed by atoms with E-state index in [1.165, 1.54) is 6.08 Å². The van der Waals surface area contributed by atoms with Gasteiger partial charge < -0.3 is 4.55 Å².